The minimum absolute atomic E-state index is 0.0429. The minimum Gasteiger partial charge on any atom is -0.497 e. The molecule has 0 saturated heterocycles. The Morgan fingerprint density at radius 2 is 1.41 bits per heavy atom. The molecule has 8 nitrogen and oxygen atoms in total. The number of carbonyl (C=O) groups is 1. The fourth-order valence-electron chi connectivity index (χ4n) is 2.24. The quantitative estimate of drug-likeness (QED) is 0.624. The van der Waals surface area contributed by atoms with Crippen LogP contribution < -0.4 is 24.2 Å². The van der Waals surface area contributed by atoms with Crippen molar-refractivity contribution >= 4 is 15.9 Å². The highest BCUT2D eigenvalue weighted by molar-refractivity contribution is 7.89. The largest absolute Gasteiger partial charge is 0.497 e. The highest BCUT2D eigenvalue weighted by Gasteiger charge is 2.14. The molecular formula is C18H22N2O6S. The van der Waals surface area contributed by atoms with E-state index < -0.39 is 10.0 Å². The van der Waals surface area contributed by atoms with E-state index in [0.717, 1.165) is 0 Å². The Kier molecular flexibility index (Phi) is 7.03. The minimum atomic E-state index is -3.67. The van der Waals surface area contributed by atoms with Gasteiger partial charge in [0.1, 0.15) is 17.2 Å². The smallest absolute Gasteiger partial charge is 0.251 e. The molecule has 0 bridgehead atoms. The van der Waals surface area contributed by atoms with Gasteiger partial charge < -0.3 is 19.5 Å². The van der Waals surface area contributed by atoms with Crippen LogP contribution in [0.5, 0.6) is 17.2 Å². The first kappa shape index (κ1) is 20.5. The van der Waals surface area contributed by atoms with Gasteiger partial charge >= 0.3 is 0 Å². The highest BCUT2D eigenvalue weighted by atomic mass is 32.2. The van der Waals surface area contributed by atoms with E-state index in [0.29, 0.717) is 22.8 Å². The standard InChI is InChI=1S/C18H22N2O6S/c1-24-14-4-6-17(7-5-14)27(22,23)20-9-8-19-18(21)13-10-15(25-2)12-16(11-13)26-3/h4-7,10-12,20H,8-9H2,1-3H3,(H,19,21). The van der Waals surface area contributed by atoms with Crippen molar-refractivity contribution < 1.29 is 27.4 Å². The van der Waals surface area contributed by atoms with Crippen LogP contribution in [0.1, 0.15) is 10.4 Å². The van der Waals surface area contributed by atoms with Crippen molar-refractivity contribution in [3.63, 3.8) is 0 Å². The summed E-state index contributed by atoms with van der Waals surface area (Å²) < 4.78 is 42.1. The molecule has 2 rings (SSSR count). The van der Waals surface area contributed by atoms with Gasteiger partial charge in [0.25, 0.3) is 5.91 Å². The van der Waals surface area contributed by atoms with Gasteiger partial charge in [-0.05, 0) is 36.4 Å². The molecule has 0 aliphatic carbocycles. The molecule has 1 amide bonds. The maximum atomic E-state index is 12.2. The van der Waals surface area contributed by atoms with Crippen molar-refractivity contribution in [2.24, 2.45) is 0 Å². The zero-order chi connectivity index (χ0) is 19.9. The normalized spacial score (nSPS) is 10.9. The van der Waals surface area contributed by atoms with Crippen LogP contribution in [0.2, 0.25) is 0 Å². The third kappa shape index (κ3) is 5.60. The highest BCUT2D eigenvalue weighted by Crippen LogP contribution is 2.22. The van der Waals surface area contributed by atoms with Crippen LogP contribution in [-0.2, 0) is 10.0 Å². The summed E-state index contributed by atoms with van der Waals surface area (Å²) in [6.45, 7) is 0.162. The van der Waals surface area contributed by atoms with Crippen molar-refractivity contribution in [2.45, 2.75) is 4.90 Å². The third-order valence-corrected chi connectivity index (χ3v) is 5.16. The summed E-state index contributed by atoms with van der Waals surface area (Å²) in [4.78, 5) is 12.4. The number of hydrogen-bond donors (Lipinski definition) is 2. The molecule has 9 heteroatoms. The number of rotatable bonds is 9. The van der Waals surface area contributed by atoms with Gasteiger partial charge in [0.05, 0.1) is 26.2 Å². The Hall–Kier alpha value is -2.78. The van der Waals surface area contributed by atoms with Crippen LogP contribution >= 0.6 is 0 Å². The molecule has 27 heavy (non-hydrogen) atoms. The molecule has 2 aromatic carbocycles. The zero-order valence-corrected chi connectivity index (χ0v) is 16.1. The average Bonchev–Trinajstić information content (AvgIpc) is 2.70. The Balaban J connectivity index is 1.91. The van der Waals surface area contributed by atoms with Gasteiger partial charge in [0.2, 0.25) is 10.0 Å². The molecule has 0 fully saturated rings. The van der Waals surface area contributed by atoms with E-state index in [2.05, 4.69) is 10.0 Å². The first-order valence-corrected chi connectivity index (χ1v) is 9.53. The van der Waals surface area contributed by atoms with E-state index in [1.807, 2.05) is 0 Å². The Morgan fingerprint density at radius 1 is 0.852 bits per heavy atom. The Bertz CT molecular complexity index is 859. The molecule has 2 aromatic rings. The van der Waals surface area contributed by atoms with Crippen molar-refractivity contribution in [1.82, 2.24) is 10.0 Å². The molecule has 0 unspecified atom stereocenters. The predicted octanol–water partition coefficient (Wildman–Crippen LogP) is 1.42. The topological polar surface area (TPSA) is 103 Å². The zero-order valence-electron chi connectivity index (χ0n) is 15.3. The van der Waals surface area contributed by atoms with Crippen LogP contribution in [0.3, 0.4) is 0 Å². The number of hydrogen-bond acceptors (Lipinski definition) is 6. The van der Waals surface area contributed by atoms with Crippen molar-refractivity contribution in [2.75, 3.05) is 34.4 Å². The Labute approximate surface area is 158 Å². The van der Waals surface area contributed by atoms with Crippen LogP contribution in [0.4, 0.5) is 0 Å². The second-order valence-electron chi connectivity index (χ2n) is 5.43. The summed E-state index contributed by atoms with van der Waals surface area (Å²) in [7, 11) is 0.817. The van der Waals surface area contributed by atoms with Crippen LogP contribution in [-0.4, -0.2) is 48.7 Å². The van der Waals surface area contributed by atoms with Crippen LogP contribution in [0.15, 0.2) is 47.4 Å². The van der Waals surface area contributed by atoms with Gasteiger partial charge in [-0.25, -0.2) is 13.1 Å². The molecule has 0 aliphatic rings. The van der Waals surface area contributed by atoms with Crippen molar-refractivity contribution in [3.8, 4) is 17.2 Å². The first-order chi connectivity index (χ1) is 12.9. The fourth-order valence-corrected chi connectivity index (χ4v) is 3.27. The number of methoxy groups -OCH3 is 3. The van der Waals surface area contributed by atoms with E-state index in [9.17, 15) is 13.2 Å². The molecule has 0 aliphatic heterocycles. The van der Waals surface area contributed by atoms with Crippen molar-refractivity contribution in [1.29, 1.82) is 0 Å². The molecule has 0 spiro atoms. The van der Waals surface area contributed by atoms with E-state index in [1.54, 1.807) is 30.3 Å². The lowest BCUT2D eigenvalue weighted by atomic mass is 10.2. The Morgan fingerprint density at radius 3 is 1.93 bits per heavy atom. The lowest BCUT2D eigenvalue weighted by molar-refractivity contribution is 0.0953. The molecule has 0 atom stereocenters. The molecule has 146 valence electrons. The van der Waals surface area contributed by atoms with Gasteiger partial charge in [-0.1, -0.05) is 0 Å². The number of benzene rings is 2. The van der Waals surface area contributed by atoms with Gasteiger partial charge in [0, 0.05) is 24.7 Å². The third-order valence-electron chi connectivity index (χ3n) is 3.69. The second kappa shape index (κ2) is 9.24. The molecule has 0 saturated carbocycles. The molecule has 0 aromatic heterocycles. The van der Waals surface area contributed by atoms with Crippen LogP contribution in [0.25, 0.3) is 0 Å². The molecule has 0 heterocycles. The lowest BCUT2D eigenvalue weighted by Crippen LogP contribution is -2.34. The summed E-state index contributed by atoms with van der Waals surface area (Å²) >= 11 is 0. The maximum Gasteiger partial charge on any atom is 0.251 e. The monoisotopic (exact) mass is 394 g/mol. The summed E-state index contributed by atoms with van der Waals surface area (Å²) in [5.41, 5.74) is 0.351. The molecular weight excluding hydrogens is 372 g/mol. The van der Waals surface area contributed by atoms with E-state index in [1.165, 1.54) is 33.5 Å². The van der Waals surface area contributed by atoms with Crippen LogP contribution in [0, 0.1) is 0 Å². The fraction of sp³-hybridized carbons (Fsp3) is 0.278. The summed E-state index contributed by atoms with van der Waals surface area (Å²) in [5, 5.41) is 2.65. The number of nitrogens with one attached hydrogen (secondary N) is 2. The summed E-state index contributed by atoms with van der Waals surface area (Å²) in [5.74, 6) is 1.17. The van der Waals surface area contributed by atoms with Gasteiger partial charge in [-0.15, -0.1) is 0 Å². The van der Waals surface area contributed by atoms with Gasteiger partial charge in [-0.3, -0.25) is 4.79 Å². The number of carbonyl (C=O) groups excluding carboxylic acids is 1. The maximum absolute atomic E-state index is 12.2. The van der Waals surface area contributed by atoms with E-state index in [4.69, 9.17) is 14.2 Å². The van der Waals surface area contributed by atoms with Crippen molar-refractivity contribution in [3.05, 3.63) is 48.0 Å². The average molecular weight is 394 g/mol. The lowest BCUT2D eigenvalue weighted by Gasteiger charge is -2.10. The SMILES string of the molecule is COc1ccc(S(=O)(=O)NCCNC(=O)c2cc(OC)cc(OC)c2)cc1. The molecule has 0 radical (unpaired) electrons. The first-order valence-electron chi connectivity index (χ1n) is 8.04. The van der Waals surface area contributed by atoms with E-state index >= 15 is 0 Å². The number of sulfonamides is 1. The number of ether oxygens (including phenoxy) is 3. The summed E-state index contributed by atoms with van der Waals surface area (Å²) in [6, 6.07) is 10.8. The van der Waals surface area contributed by atoms with E-state index in [-0.39, 0.29) is 23.9 Å². The second-order valence-corrected chi connectivity index (χ2v) is 7.20. The van der Waals surface area contributed by atoms with Gasteiger partial charge in [0.15, 0.2) is 0 Å². The molecule has 2 N–H and O–H groups in total. The number of amides is 1. The predicted molar refractivity (Wildman–Crippen MR) is 100 cm³/mol. The van der Waals surface area contributed by atoms with Gasteiger partial charge in [-0.2, -0.15) is 0 Å². The summed E-state index contributed by atoms with van der Waals surface area (Å²) in [6.07, 6.45) is 0.